The monoisotopic (exact) mass is 927 g/mol. The number of allylic oxidation sites excluding steroid dienone is 20. The quantitative estimate of drug-likeness (QED) is 0.0262. The van der Waals surface area contributed by atoms with E-state index < -0.39 is 6.10 Å². The summed E-state index contributed by atoms with van der Waals surface area (Å²) in [6.45, 7) is 6.35. The van der Waals surface area contributed by atoms with Crippen LogP contribution in [0.4, 0.5) is 0 Å². The normalized spacial score (nSPS) is 13.1. The predicted octanol–water partition coefficient (Wildman–Crippen LogP) is 18.1. The number of unbranched alkanes of at least 4 members (excludes halogenated alkanes) is 23. The lowest BCUT2D eigenvalue weighted by atomic mass is 10.1. The molecule has 0 amide bonds. The minimum Gasteiger partial charge on any atom is -0.462 e. The first-order chi connectivity index (χ1) is 33.0. The Labute approximate surface area is 412 Å². The van der Waals surface area contributed by atoms with Crippen molar-refractivity contribution in [3.05, 3.63) is 122 Å². The molecule has 0 aliphatic rings. The molecule has 0 aromatic heterocycles. The van der Waals surface area contributed by atoms with Gasteiger partial charge < -0.3 is 14.2 Å². The van der Waals surface area contributed by atoms with Crippen LogP contribution in [0, 0.1) is 0 Å². The number of rotatable bonds is 47. The van der Waals surface area contributed by atoms with Gasteiger partial charge in [-0.3, -0.25) is 14.4 Å². The van der Waals surface area contributed by atoms with E-state index in [0.717, 1.165) is 128 Å². The molecule has 0 aliphatic heterocycles. The highest BCUT2D eigenvalue weighted by Gasteiger charge is 2.19. The molecule has 6 heteroatoms. The molecule has 0 saturated carbocycles. The second kappa shape index (κ2) is 54.4. The number of hydrogen-bond acceptors (Lipinski definition) is 6. The Morgan fingerprint density at radius 2 is 0.612 bits per heavy atom. The molecule has 378 valence electrons. The van der Waals surface area contributed by atoms with Gasteiger partial charge in [0.2, 0.25) is 0 Å². The van der Waals surface area contributed by atoms with Crippen molar-refractivity contribution in [1.29, 1.82) is 0 Å². The molecule has 0 spiro atoms. The lowest BCUT2D eigenvalue weighted by molar-refractivity contribution is -0.167. The summed E-state index contributed by atoms with van der Waals surface area (Å²) in [6.07, 6.45) is 74.6. The van der Waals surface area contributed by atoms with E-state index in [1.165, 1.54) is 57.8 Å². The first kappa shape index (κ1) is 62.8. The molecule has 0 aliphatic carbocycles. The number of ether oxygens (including phenoxy) is 3. The van der Waals surface area contributed by atoms with Gasteiger partial charge in [0.05, 0.1) is 0 Å². The molecule has 67 heavy (non-hydrogen) atoms. The molecule has 0 aromatic rings. The highest BCUT2D eigenvalue weighted by Crippen LogP contribution is 2.13. The van der Waals surface area contributed by atoms with Crippen LogP contribution in [0.15, 0.2) is 122 Å². The van der Waals surface area contributed by atoms with Crippen LogP contribution in [-0.4, -0.2) is 37.2 Å². The fraction of sp³-hybridized carbons (Fsp3) is 0.623. The van der Waals surface area contributed by atoms with Crippen LogP contribution in [0.5, 0.6) is 0 Å². The van der Waals surface area contributed by atoms with Crippen LogP contribution in [0.2, 0.25) is 0 Å². The summed E-state index contributed by atoms with van der Waals surface area (Å²) in [5.41, 5.74) is 0. The summed E-state index contributed by atoms with van der Waals surface area (Å²) in [7, 11) is 0. The molecule has 0 aromatic carbocycles. The van der Waals surface area contributed by atoms with E-state index in [9.17, 15) is 14.4 Å². The predicted molar refractivity (Wildman–Crippen MR) is 288 cm³/mol. The summed E-state index contributed by atoms with van der Waals surface area (Å²) >= 11 is 0. The van der Waals surface area contributed by atoms with E-state index in [1.54, 1.807) is 0 Å². The first-order valence-electron chi connectivity index (χ1n) is 27.2. The van der Waals surface area contributed by atoms with E-state index >= 15 is 0 Å². The van der Waals surface area contributed by atoms with Crippen LogP contribution in [0.25, 0.3) is 0 Å². The van der Waals surface area contributed by atoms with Crippen molar-refractivity contribution in [3.63, 3.8) is 0 Å². The lowest BCUT2D eigenvalue weighted by Crippen LogP contribution is -2.30. The number of carbonyl (C=O) groups is 3. The van der Waals surface area contributed by atoms with Crippen LogP contribution in [-0.2, 0) is 28.6 Å². The minimum atomic E-state index is -0.809. The maximum atomic E-state index is 12.8. The topological polar surface area (TPSA) is 78.9 Å². The van der Waals surface area contributed by atoms with Gasteiger partial charge >= 0.3 is 17.9 Å². The molecule has 0 radical (unpaired) electrons. The zero-order chi connectivity index (χ0) is 48.6. The van der Waals surface area contributed by atoms with Gasteiger partial charge in [0.15, 0.2) is 6.10 Å². The Balaban J connectivity index is 4.51. The highest BCUT2D eigenvalue weighted by molar-refractivity contribution is 5.71. The van der Waals surface area contributed by atoms with Crippen LogP contribution in [0.1, 0.15) is 226 Å². The molecule has 0 heterocycles. The summed E-state index contributed by atoms with van der Waals surface area (Å²) in [4.78, 5) is 38.1. The largest absolute Gasteiger partial charge is 0.462 e. The van der Waals surface area contributed by atoms with E-state index in [0.29, 0.717) is 19.3 Å². The molecule has 1 atom stereocenters. The Bertz CT molecular complexity index is 1440. The first-order valence-corrected chi connectivity index (χ1v) is 27.2. The molecule has 0 N–H and O–H groups in total. The standard InChI is InChI=1S/C61H98O6/c1-4-7-10-13-16-19-22-25-27-29-31-33-36-39-42-45-48-51-54-60(63)66-57-58(56-65-59(62)53-50-47-44-41-38-35-24-21-18-15-12-9-6-3)67-61(64)55-52-49-46-43-40-37-34-32-30-28-26-23-20-17-14-11-8-5-2/h9-10,12-13,15-16,18-19,21-22,24-25,27-34,58H,4-8,11,14,17,20,23,26,35-57H2,1-3H3/b12-9-,13-10-,18-15-,19-16-,24-21-,25-22-,29-27-,30-28-,33-31-,34-32-. The van der Waals surface area contributed by atoms with Gasteiger partial charge in [-0.05, 0) is 83.5 Å². The van der Waals surface area contributed by atoms with Crippen LogP contribution in [0.3, 0.4) is 0 Å². The van der Waals surface area contributed by atoms with Gasteiger partial charge in [-0.15, -0.1) is 0 Å². The summed E-state index contributed by atoms with van der Waals surface area (Å²) in [5, 5.41) is 0. The van der Waals surface area contributed by atoms with Gasteiger partial charge in [-0.1, -0.05) is 245 Å². The van der Waals surface area contributed by atoms with E-state index in [1.807, 2.05) is 24.3 Å². The Kier molecular flexibility index (Phi) is 51.0. The van der Waals surface area contributed by atoms with Crippen molar-refractivity contribution in [2.45, 2.75) is 232 Å². The fourth-order valence-corrected chi connectivity index (χ4v) is 7.05. The highest BCUT2D eigenvalue weighted by atomic mass is 16.6. The van der Waals surface area contributed by atoms with Crippen molar-refractivity contribution >= 4 is 17.9 Å². The Morgan fingerprint density at radius 3 is 0.985 bits per heavy atom. The number of esters is 3. The Morgan fingerprint density at radius 1 is 0.313 bits per heavy atom. The average Bonchev–Trinajstić information content (AvgIpc) is 3.33. The minimum absolute atomic E-state index is 0.107. The number of hydrogen-bond donors (Lipinski definition) is 0. The van der Waals surface area contributed by atoms with E-state index in [-0.39, 0.29) is 31.1 Å². The molecule has 0 fully saturated rings. The summed E-state index contributed by atoms with van der Waals surface area (Å²) in [6, 6.07) is 0. The number of carbonyl (C=O) groups excluding carboxylic acids is 3. The maximum absolute atomic E-state index is 12.8. The fourth-order valence-electron chi connectivity index (χ4n) is 7.05. The molecule has 0 saturated heterocycles. The van der Waals surface area contributed by atoms with Crippen LogP contribution < -0.4 is 0 Å². The van der Waals surface area contributed by atoms with Crippen molar-refractivity contribution in [2.24, 2.45) is 0 Å². The van der Waals surface area contributed by atoms with E-state index in [4.69, 9.17) is 14.2 Å². The lowest BCUT2D eigenvalue weighted by Gasteiger charge is -2.18. The molecule has 0 bridgehead atoms. The smallest absolute Gasteiger partial charge is 0.306 e. The van der Waals surface area contributed by atoms with Crippen LogP contribution >= 0.6 is 0 Å². The second-order valence-electron chi connectivity index (χ2n) is 17.6. The van der Waals surface area contributed by atoms with Gasteiger partial charge in [-0.25, -0.2) is 0 Å². The van der Waals surface area contributed by atoms with Crippen molar-refractivity contribution in [2.75, 3.05) is 13.2 Å². The zero-order valence-corrected chi connectivity index (χ0v) is 43.1. The molecule has 1 unspecified atom stereocenters. The third kappa shape index (κ3) is 52.6. The van der Waals surface area contributed by atoms with Gasteiger partial charge in [-0.2, -0.15) is 0 Å². The Hall–Kier alpha value is -4.19. The SMILES string of the molecule is CC\C=C/C=C\C=C/CCCCCCCC(=O)OCC(COC(=O)CCCCCCC\C=C/C=C\C=C/C=C\C=C/CCC)OC(=O)CCCCCCC/C=C\C=C/CCCCCCCCC. The average molecular weight is 927 g/mol. The molecule has 0 rings (SSSR count). The molecular formula is C61H98O6. The van der Waals surface area contributed by atoms with Gasteiger partial charge in [0.1, 0.15) is 13.2 Å². The summed E-state index contributed by atoms with van der Waals surface area (Å²) in [5.74, 6) is -0.971. The van der Waals surface area contributed by atoms with Gasteiger partial charge in [0.25, 0.3) is 0 Å². The molecule has 6 nitrogen and oxygen atoms in total. The third-order valence-electron chi connectivity index (χ3n) is 11.1. The maximum Gasteiger partial charge on any atom is 0.306 e. The molecular weight excluding hydrogens is 829 g/mol. The second-order valence-corrected chi connectivity index (χ2v) is 17.6. The van der Waals surface area contributed by atoms with Crippen molar-refractivity contribution in [1.82, 2.24) is 0 Å². The third-order valence-corrected chi connectivity index (χ3v) is 11.1. The van der Waals surface area contributed by atoms with Gasteiger partial charge in [0, 0.05) is 19.3 Å². The van der Waals surface area contributed by atoms with Crippen molar-refractivity contribution < 1.29 is 28.6 Å². The summed E-state index contributed by atoms with van der Waals surface area (Å²) < 4.78 is 16.8. The zero-order valence-electron chi connectivity index (χ0n) is 43.1. The van der Waals surface area contributed by atoms with E-state index in [2.05, 4.69) is 118 Å². The van der Waals surface area contributed by atoms with Crippen molar-refractivity contribution in [3.8, 4) is 0 Å².